The molecule has 36 heavy (non-hydrogen) atoms. The Hall–Kier alpha value is -2.83. The molecule has 1 fully saturated rings. The van der Waals surface area contributed by atoms with Crippen molar-refractivity contribution in [3.05, 3.63) is 52.0 Å². The van der Waals surface area contributed by atoms with Crippen molar-refractivity contribution in [2.75, 3.05) is 58.9 Å². The maximum atomic E-state index is 9.78. The van der Waals surface area contributed by atoms with Crippen LogP contribution in [0.5, 0.6) is 17.2 Å². The lowest BCUT2D eigenvalue weighted by Crippen LogP contribution is -2.45. The van der Waals surface area contributed by atoms with Crippen LogP contribution in [0.3, 0.4) is 0 Å². The molecule has 0 atom stereocenters. The maximum absolute atomic E-state index is 9.78. The molecule has 0 unspecified atom stereocenters. The molecule has 10 heteroatoms. The molecule has 1 heterocycles. The van der Waals surface area contributed by atoms with Gasteiger partial charge in [0.25, 0.3) is 0 Å². The molecule has 0 spiro atoms. The van der Waals surface area contributed by atoms with Gasteiger partial charge >= 0.3 is 0 Å². The molecule has 186 valence electrons. The first-order valence-corrected chi connectivity index (χ1v) is 12.4. The lowest BCUT2D eigenvalue weighted by Gasteiger charge is -2.32. The summed E-state index contributed by atoms with van der Waals surface area (Å²) in [6, 6.07) is 13.0. The first-order valence-electron chi connectivity index (χ1n) is 11.6. The zero-order valence-corrected chi connectivity index (χ0v) is 21.8. The van der Waals surface area contributed by atoms with Crippen LogP contribution in [0.2, 0.25) is 10.0 Å². The molecule has 0 amide bonds. The standard InChI is InChI=1S/C26H27BCl2N4O3/c1-34-23-15-22(20(28)14-21(23)29)31-26-18(16-30)5-4-17-12-25(24(35-2)13-19(17)26)36-11-3-6-32-7-9-33(27)10-8-32/h4-5,12-15,31H,3,6-11H2,1-2H3. The molecule has 1 aliphatic rings. The minimum Gasteiger partial charge on any atom is -0.495 e. The number of methoxy groups -OCH3 is 2. The van der Waals surface area contributed by atoms with Gasteiger partial charge in [-0.25, -0.2) is 0 Å². The highest BCUT2D eigenvalue weighted by atomic mass is 35.5. The fraction of sp³-hybridized carbons (Fsp3) is 0.346. The highest BCUT2D eigenvalue weighted by molar-refractivity contribution is 6.37. The van der Waals surface area contributed by atoms with Crippen LogP contribution in [-0.2, 0) is 0 Å². The van der Waals surface area contributed by atoms with Gasteiger partial charge in [0.05, 0.1) is 47.8 Å². The van der Waals surface area contributed by atoms with Crippen LogP contribution in [0.15, 0.2) is 36.4 Å². The van der Waals surface area contributed by atoms with Crippen LogP contribution in [-0.4, -0.2) is 71.2 Å². The second-order valence-electron chi connectivity index (χ2n) is 8.50. The van der Waals surface area contributed by atoms with Crippen molar-refractivity contribution in [2.45, 2.75) is 6.42 Å². The van der Waals surface area contributed by atoms with E-state index in [1.54, 1.807) is 25.3 Å². The molecule has 0 aliphatic carbocycles. The van der Waals surface area contributed by atoms with Gasteiger partial charge in [0.1, 0.15) is 11.8 Å². The quantitative estimate of drug-likeness (QED) is 0.303. The van der Waals surface area contributed by atoms with Crippen molar-refractivity contribution >= 4 is 53.3 Å². The number of ether oxygens (including phenoxy) is 3. The Balaban J connectivity index is 1.57. The highest BCUT2D eigenvalue weighted by Gasteiger charge is 2.17. The minimum absolute atomic E-state index is 0.400. The molecule has 0 aromatic heterocycles. The summed E-state index contributed by atoms with van der Waals surface area (Å²) >= 11 is 12.6. The molecule has 7 nitrogen and oxygen atoms in total. The van der Waals surface area contributed by atoms with Gasteiger partial charge in [0.2, 0.25) is 0 Å². The molecule has 3 aromatic rings. The summed E-state index contributed by atoms with van der Waals surface area (Å²) in [5.41, 5.74) is 1.63. The first kappa shape index (κ1) is 26.2. The third-order valence-electron chi connectivity index (χ3n) is 6.21. The van der Waals surface area contributed by atoms with Gasteiger partial charge in [-0.15, -0.1) is 0 Å². The molecule has 1 aliphatic heterocycles. The van der Waals surface area contributed by atoms with Gasteiger partial charge in [-0.1, -0.05) is 29.3 Å². The summed E-state index contributed by atoms with van der Waals surface area (Å²) < 4.78 is 17.1. The molecule has 0 saturated carbocycles. The Morgan fingerprint density at radius 1 is 0.972 bits per heavy atom. The van der Waals surface area contributed by atoms with Crippen LogP contribution >= 0.6 is 23.2 Å². The number of nitrogens with zero attached hydrogens (tertiary/aromatic N) is 3. The Morgan fingerprint density at radius 2 is 1.72 bits per heavy atom. The lowest BCUT2D eigenvalue weighted by atomic mass is 10.0. The first-order chi connectivity index (χ1) is 17.4. The average molecular weight is 525 g/mol. The molecule has 3 aromatic carbocycles. The van der Waals surface area contributed by atoms with Crippen molar-refractivity contribution < 1.29 is 14.2 Å². The van der Waals surface area contributed by atoms with Gasteiger partial charge in [-0.05, 0) is 49.2 Å². The number of nitriles is 1. The maximum Gasteiger partial charge on any atom is 0.182 e. The summed E-state index contributed by atoms with van der Waals surface area (Å²) in [5, 5.41) is 15.6. The smallest absolute Gasteiger partial charge is 0.182 e. The number of halogens is 2. The normalized spacial score (nSPS) is 14.4. The molecule has 1 saturated heterocycles. The Morgan fingerprint density at radius 3 is 2.42 bits per heavy atom. The Labute approximate surface area is 222 Å². The number of anilines is 2. The summed E-state index contributed by atoms with van der Waals surface area (Å²) in [4.78, 5) is 4.24. The number of piperazine rings is 1. The van der Waals surface area contributed by atoms with Gasteiger partial charge in [0.15, 0.2) is 19.5 Å². The SMILES string of the molecule is [B]N1CCN(CCCOc2cc3ccc(C#N)c(Nc4cc(OC)c(Cl)cc4Cl)c3cc2OC)CC1. The summed E-state index contributed by atoms with van der Waals surface area (Å²) in [6.07, 6.45) is 0.892. The third kappa shape index (κ3) is 5.93. The van der Waals surface area contributed by atoms with Crippen molar-refractivity contribution in [2.24, 2.45) is 0 Å². The Bertz CT molecular complexity index is 1280. The van der Waals surface area contributed by atoms with Crippen molar-refractivity contribution in [3.63, 3.8) is 0 Å². The van der Waals surface area contributed by atoms with E-state index >= 15 is 0 Å². The lowest BCUT2D eigenvalue weighted by molar-refractivity contribution is 0.176. The number of rotatable bonds is 9. The second kappa shape index (κ2) is 11.9. The van der Waals surface area contributed by atoms with Gasteiger partial charge in [-0.2, -0.15) is 5.26 Å². The number of benzene rings is 3. The van der Waals surface area contributed by atoms with Crippen LogP contribution in [0, 0.1) is 11.3 Å². The molecule has 2 radical (unpaired) electrons. The molecular formula is C26H27BCl2N4O3. The van der Waals surface area contributed by atoms with E-state index in [1.165, 1.54) is 7.11 Å². The largest absolute Gasteiger partial charge is 0.495 e. The van der Waals surface area contributed by atoms with E-state index in [0.29, 0.717) is 50.8 Å². The predicted molar refractivity (Wildman–Crippen MR) is 145 cm³/mol. The fourth-order valence-electron chi connectivity index (χ4n) is 4.20. The predicted octanol–water partition coefficient (Wildman–Crippen LogP) is 5.25. The zero-order valence-electron chi connectivity index (χ0n) is 20.3. The van der Waals surface area contributed by atoms with Gasteiger partial charge in [0, 0.05) is 31.1 Å². The van der Waals surface area contributed by atoms with Crippen LogP contribution in [0.25, 0.3) is 10.8 Å². The Kier molecular flexibility index (Phi) is 8.70. The van der Waals surface area contributed by atoms with Crippen LogP contribution in [0.4, 0.5) is 11.4 Å². The topological polar surface area (TPSA) is 70.0 Å². The fourth-order valence-corrected chi connectivity index (χ4v) is 4.71. The number of hydrogen-bond donors (Lipinski definition) is 1. The second-order valence-corrected chi connectivity index (χ2v) is 9.31. The summed E-state index contributed by atoms with van der Waals surface area (Å²) in [5.74, 6) is 1.70. The number of nitrogens with one attached hydrogen (secondary N) is 1. The monoisotopic (exact) mass is 524 g/mol. The van der Waals surface area contributed by atoms with E-state index in [1.807, 2.05) is 23.0 Å². The molecule has 0 bridgehead atoms. The summed E-state index contributed by atoms with van der Waals surface area (Å²) in [7, 11) is 8.96. The third-order valence-corrected chi connectivity index (χ3v) is 6.82. The van der Waals surface area contributed by atoms with Gasteiger partial charge < -0.3 is 29.2 Å². The van der Waals surface area contributed by atoms with E-state index in [0.717, 1.165) is 49.9 Å². The van der Waals surface area contributed by atoms with Crippen molar-refractivity contribution in [1.82, 2.24) is 9.71 Å². The molecule has 4 rings (SSSR count). The van der Waals surface area contributed by atoms with Crippen LogP contribution in [0.1, 0.15) is 12.0 Å². The average Bonchev–Trinajstić information content (AvgIpc) is 2.88. The van der Waals surface area contributed by atoms with E-state index < -0.39 is 0 Å². The van der Waals surface area contributed by atoms with Crippen molar-refractivity contribution in [3.8, 4) is 23.3 Å². The van der Waals surface area contributed by atoms with E-state index in [-0.39, 0.29) is 0 Å². The number of fused-ring (bicyclic) bond motifs is 1. The van der Waals surface area contributed by atoms with E-state index in [9.17, 15) is 5.26 Å². The minimum atomic E-state index is 0.400. The van der Waals surface area contributed by atoms with Crippen molar-refractivity contribution in [1.29, 1.82) is 5.26 Å². The number of hydrogen-bond acceptors (Lipinski definition) is 7. The summed E-state index contributed by atoms with van der Waals surface area (Å²) in [6.45, 7) is 5.22. The highest BCUT2D eigenvalue weighted by Crippen LogP contribution is 2.41. The van der Waals surface area contributed by atoms with Crippen LogP contribution < -0.4 is 19.5 Å². The molecule has 1 N–H and O–H groups in total. The van der Waals surface area contributed by atoms with E-state index in [2.05, 4.69) is 16.3 Å². The molecular weight excluding hydrogens is 498 g/mol. The van der Waals surface area contributed by atoms with Gasteiger partial charge in [-0.3, -0.25) is 0 Å². The van der Waals surface area contributed by atoms with E-state index in [4.69, 9.17) is 45.4 Å². The zero-order chi connectivity index (χ0) is 25.7.